The zero-order valence-corrected chi connectivity index (χ0v) is 9.75. The number of hydrogen-bond acceptors (Lipinski definition) is 2. The predicted molar refractivity (Wildman–Crippen MR) is 60.5 cm³/mol. The van der Waals surface area contributed by atoms with E-state index < -0.39 is 0 Å². The fourth-order valence-corrected chi connectivity index (χ4v) is 2.35. The number of carbonyl (C=O) groups is 1. The van der Waals surface area contributed by atoms with Gasteiger partial charge in [-0.05, 0) is 37.5 Å². The summed E-state index contributed by atoms with van der Waals surface area (Å²) < 4.78 is 0. The van der Waals surface area contributed by atoms with E-state index in [1.54, 1.807) is 0 Å². The molecule has 86 valence electrons. The summed E-state index contributed by atoms with van der Waals surface area (Å²) in [5.41, 5.74) is 0. The molecular formula is C12H22N2O. The molecule has 3 unspecified atom stereocenters. The summed E-state index contributed by atoms with van der Waals surface area (Å²) in [5.74, 6) is 1.56. The molecule has 2 saturated carbocycles. The second-order valence-electron chi connectivity index (χ2n) is 5.24. The van der Waals surface area contributed by atoms with Crippen molar-refractivity contribution in [3.63, 3.8) is 0 Å². The standard InChI is InChI=1S/C12H22N2O/c1-8-3-6-11(9(8)2)14-12(15)7-13-10-4-5-10/h8-11,13H,3-7H2,1-2H3,(H,14,15). The third-order valence-electron chi connectivity index (χ3n) is 3.94. The van der Waals surface area contributed by atoms with Crippen molar-refractivity contribution in [3.8, 4) is 0 Å². The average molecular weight is 210 g/mol. The van der Waals surface area contributed by atoms with E-state index >= 15 is 0 Å². The van der Waals surface area contributed by atoms with Gasteiger partial charge in [-0.2, -0.15) is 0 Å². The molecule has 0 spiro atoms. The maximum atomic E-state index is 11.6. The Bertz CT molecular complexity index is 238. The van der Waals surface area contributed by atoms with Gasteiger partial charge in [-0.25, -0.2) is 0 Å². The first-order valence-electron chi connectivity index (χ1n) is 6.19. The summed E-state index contributed by atoms with van der Waals surface area (Å²) in [4.78, 5) is 11.6. The van der Waals surface area contributed by atoms with Gasteiger partial charge in [0.15, 0.2) is 0 Å². The minimum Gasteiger partial charge on any atom is -0.352 e. The maximum absolute atomic E-state index is 11.6. The SMILES string of the molecule is CC1CCC(NC(=O)CNC2CC2)C1C. The number of hydrogen-bond donors (Lipinski definition) is 2. The molecule has 0 aromatic carbocycles. The van der Waals surface area contributed by atoms with Gasteiger partial charge in [-0.15, -0.1) is 0 Å². The molecule has 2 rings (SSSR count). The lowest BCUT2D eigenvalue weighted by Crippen LogP contribution is -2.42. The molecule has 2 aliphatic carbocycles. The van der Waals surface area contributed by atoms with E-state index in [2.05, 4.69) is 24.5 Å². The Labute approximate surface area is 92.0 Å². The van der Waals surface area contributed by atoms with Crippen molar-refractivity contribution in [2.24, 2.45) is 11.8 Å². The molecule has 3 atom stereocenters. The summed E-state index contributed by atoms with van der Waals surface area (Å²) in [7, 11) is 0. The highest BCUT2D eigenvalue weighted by atomic mass is 16.2. The normalized spacial score (nSPS) is 35.5. The second kappa shape index (κ2) is 4.52. The van der Waals surface area contributed by atoms with Crippen molar-refractivity contribution in [2.45, 2.75) is 51.6 Å². The van der Waals surface area contributed by atoms with Crippen molar-refractivity contribution >= 4 is 5.91 Å². The Morgan fingerprint density at radius 1 is 1.20 bits per heavy atom. The lowest BCUT2D eigenvalue weighted by Gasteiger charge is -2.19. The number of rotatable bonds is 4. The molecule has 3 heteroatoms. The van der Waals surface area contributed by atoms with Crippen LogP contribution in [0.5, 0.6) is 0 Å². The van der Waals surface area contributed by atoms with Crippen molar-refractivity contribution in [1.29, 1.82) is 0 Å². The molecule has 2 fully saturated rings. The average Bonchev–Trinajstić information content (AvgIpc) is 2.98. The second-order valence-corrected chi connectivity index (χ2v) is 5.24. The molecule has 0 saturated heterocycles. The predicted octanol–water partition coefficient (Wildman–Crippen LogP) is 1.29. The van der Waals surface area contributed by atoms with E-state index in [-0.39, 0.29) is 5.91 Å². The van der Waals surface area contributed by atoms with Crippen LogP contribution in [0, 0.1) is 11.8 Å². The van der Waals surface area contributed by atoms with Crippen LogP contribution in [0.25, 0.3) is 0 Å². The molecule has 0 aromatic heterocycles. The zero-order chi connectivity index (χ0) is 10.8. The fourth-order valence-electron chi connectivity index (χ4n) is 2.35. The van der Waals surface area contributed by atoms with Crippen molar-refractivity contribution in [2.75, 3.05) is 6.54 Å². The van der Waals surface area contributed by atoms with E-state index in [1.807, 2.05) is 0 Å². The quantitative estimate of drug-likeness (QED) is 0.734. The smallest absolute Gasteiger partial charge is 0.234 e. The summed E-state index contributed by atoms with van der Waals surface area (Å²) in [6, 6.07) is 1.03. The van der Waals surface area contributed by atoms with E-state index in [0.717, 1.165) is 12.3 Å². The van der Waals surface area contributed by atoms with Gasteiger partial charge in [0.25, 0.3) is 0 Å². The first kappa shape index (κ1) is 10.9. The van der Waals surface area contributed by atoms with Crippen molar-refractivity contribution in [3.05, 3.63) is 0 Å². The number of carbonyl (C=O) groups excluding carboxylic acids is 1. The molecular weight excluding hydrogens is 188 g/mol. The first-order valence-corrected chi connectivity index (χ1v) is 6.19. The molecule has 0 bridgehead atoms. The van der Waals surface area contributed by atoms with Crippen LogP contribution >= 0.6 is 0 Å². The molecule has 0 aliphatic heterocycles. The molecule has 0 aromatic rings. The monoisotopic (exact) mass is 210 g/mol. The van der Waals surface area contributed by atoms with Crippen LogP contribution in [0.3, 0.4) is 0 Å². The number of nitrogens with one attached hydrogen (secondary N) is 2. The summed E-state index contributed by atoms with van der Waals surface area (Å²) in [6.07, 6.45) is 4.88. The lowest BCUT2D eigenvalue weighted by molar-refractivity contribution is -0.121. The van der Waals surface area contributed by atoms with Crippen LogP contribution in [-0.2, 0) is 4.79 Å². The van der Waals surface area contributed by atoms with Gasteiger partial charge in [-0.1, -0.05) is 13.8 Å². The lowest BCUT2D eigenvalue weighted by atomic mass is 9.98. The molecule has 15 heavy (non-hydrogen) atoms. The van der Waals surface area contributed by atoms with E-state index in [4.69, 9.17) is 0 Å². The molecule has 3 nitrogen and oxygen atoms in total. The molecule has 1 amide bonds. The van der Waals surface area contributed by atoms with Crippen LogP contribution < -0.4 is 10.6 Å². The number of amides is 1. The van der Waals surface area contributed by atoms with Gasteiger partial charge in [0, 0.05) is 12.1 Å². The highest BCUT2D eigenvalue weighted by Gasteiger charge is 2.30. The molecule has 2 N–H and O–H groups in total. The highest BCUT2D eigenvalue weighted by Crippen LogP contribution is 2.30. The van der Waals surface area contributed by atoms with E-state index in [0.29, 0.717) is 24.5 Å². The largest absolute Gasteiger partial charge is 0.352 e. The van der Waals surface area contributed by atoms with Crippen molar-refractivity contribution < 1.29 is 4.79 Å². The Kier molecular flexibility index (Phi) is 3.29. The third kappa shape index (κ3) is 2.94. The Morgan fingerprint density at radius 2 is 1.93 bits per heavy atom. The molecule has 0 radical (unpaired) electrons. The van der Waals surface area contributed by atoms with Crippen LogP contribution in [0.1, 0.15) is 39.5 Å². The Morgan fingerprint density at radius 3 is 2.47 bits per heavy atom. The van der Waals surface area contributed by atoms with Gasteiger partial charge in [0.1, 0.15) is 0 Å². The maximum Gasteiger partial charge on any atom is 0.234 e. The van der Waals surface area contributed by atoms with Gasteiger partial charge in [-0.3, -0.25) is 4.79 Å². The van der Waals surface area contributed by atoms with E-state index in [9.17, 15) is 4.79 Å². The van der Waals surface area contributed by atoms with Crippen LogP contribution in [-0.4, -0.2) is 24.5 Å². The fraction of sp³-hybridized carbons (Fsp3) is 0.917. The van der Waals surface area contributed by atoms with Gasteiger partial charge >= 0.3 is 0 Å². The van der Waals surface area contributed by atoms with Crippen LogP contribution in [0.4, 0.5) is 0 Å². The van der Waals surface area contributed by atoms with Gasteiger partial charge in [0.2, 0.25) is 5.91 Å². The van der Waals surface area contributed by atoms with Crippen LogP contribution in [0.15, 0.2) is 0 Å². The van der Waals surface area contributed by atoms with Gasteiger partial charge < -0.3 is 10.6 Å². The molecule has 2 aliphatic rings. The molecule has 0 heterocycles. The highest BCUT2D eigenvalue weighted by molar-refractivity contribution is 5.78. The summed E-state index contributed by atoms with van der Waals surface area (Å²) in [5, 5.41) is 6.39. The summed E-state index contributed by atoms with van der Waals surface area (Å²) in [6.45, 7) is 5.03. The topological polar surface area (TPSA) is 41.1 Å². The minimum absolute atomic E-state index is 0.174. The Balaban J connectivity index is 1.68. The Hall–Kier alpha value is -0.570. The first-order chi connectivity index (χ1) is 7.16. The third-order valence-corrected chi connectivity index (χ3v) is 3.94. The zero-order valence-electron chi connectivity index (χ0n) is 9.75. The minimum atomic E-state index is 0.174. The summed E-state index contributed by atoms with van der Waals surface area (Å²) >= 11 is 0. The van der Waals surface area contributed by atoms with Crippen LogP contribution in [0.2, 0.25) is 0 Å². The van der Waals surface area contributed by atoms with Crippen molar-refractivity contribution in [1.82, 2.24) is 10.6 Å². The van der Waals surface area contributed by atoms with Gasteiger partial charge in [0.05, 0.1) is 6.54 Å². The van der Waals surface area contributed by atoms with E-state index in [1.165, 1.54) is 19.3 Å².